The average Bonchev–Trinajstić information content (AvgIpc) is 2.92. The Balaban J connectivity index is 2.37. The smallest absolute Gasteiger partial charge is 0.174 e. The van der Waals surface area contributed by atoms with Crippen LogP contribution in [0.4, 0.5) is 0 Å². The van der Waals surface area contributed by atoms with E-state index in [-0.39, 0.29) is 11.4 Å². The summed E-state index contributed by atoms with van der Waals surface area (Å²) in [6.07, 6.45) is 2.18. The lowest BCUT2D eigenvalue weighted by molar-refractivity contribution is -0.0531. The lowest BCUT2D eigenvalue weighted by Gasteiger charge is -2.17. The number of aliphatic hydroxyl groups excluding tert-OH is 3. The Morgan fingerprint density at radius 1 is 1.50 bits per heavy atom. The molecule has 0 amide bonds. The second kappa shape index (κ2) is 4.77. The highest BCUT2D eigenvalue weighted by Crippen LogP contribution is 2.30. The van der Waals surface area contributed by atoms with Crippen molar-refractivity contribution in [3.05, 3.63) is 17.7 Å². The first-order valence-corrected chi connectivity index (χ1v) is 5.20. The molecule has 2 heterocycles. The van der Waals surface area contributed by atoms with E-state index in [1.165, 1.54) is 10.9 Å². The lowest BCUT2D eigenvalue weighted by Crippen LogP contribution is -2.33. The average molecular weight is 249 g/mol. The van der Waals surface area contributed by atoms with E-state index in [1.54, 1.807) is 0 Å². The quantitative estimate of drug-likeness (QED) is 0.541. The van der Waals surface area contributed by atoms with Gasteiger partial charge >= 0.3 is 0 Å². The van der Waals surface area contributed by atoms with E-state index >= 15 is 0 Å². The first kappa shape index (κ1) is 12.6. The zero-order valence-corrected chi connectivity index (χ0v) is 9.26. The van der Waals surface area contributed by atoms with Crippen molar-refractivity contribution in [3.8, 4) is 18.4 Å². The molecule has 0 aromatic carbocycles. The molecule has 2 rings (SSSR count). The van der Waals surface area contributed by atoms with Crippen molar-refractivity contribution in [2.75, 3.05) is 6.61 Å². The van der Waals surface area contributed by atoms with E-state index in [1.807, 2.05) is 6.07 Å². The molecule has 2 unspecified atom stereocenters. The number of nitriles is 1. The minimum Gasteiger partial charge on any atom is -0.394 e. The van der Waals surface area contributed by atoms with E-state index in [2.05, 4.69) is 10.9 Å². The summed E-state index contributed by atoms with van der Waals surface area (Å²) >= 11 is 0. The van der Waals surface area contributed by atoms with E-state index in [4.69, 9.17) is 21.5 Å². The number of nitrogens with zero attached hydrogens (tertiary/aromatic N) is 3. The molecule has 1 aliphatic heterocycles. The Morgan fingerprint density at radius 3 is 2.72 bits per heavy atom. The first-order chi connectivity index (χ1) is 8.63. The number of hydrogen-bond acceptors (Lipinski definition) is 6. The molecule has 0 saturated carbocycles. The maximum atomic E-state index is 9.83. The Kier molecular flexibility index (Phi) is 3.32. The van der Waals surface area contributed by atoms with Crippen LogP contribution in [0.15, 0.2) is 6.33 Å². The summed E-state index contributed by atoms with van der Waals surface area (Å²) in [4.78, 5) is 3.78. The van der Waals surface area contributed by atoms with Crippen molar-refractivity contribution in [3.63, 3.8) is 0 Å². The highest BCUT2D eigenvalue weighted by atomic mass is 16.6. The number of ether oxygens (including phenoxy) is 1. The molecule has 0 bridgehead atoms. The zero-order chi connectivity index (χ0) is 13.3. The van der Waals surface area contributed by atoms with Crippen molar-refractivity contribution >= 4 is 0 Å². The van der Waals surface area contributed by atoms with Gasteiger partial charge in [0.25, 0.3) is 0 Å². The summed E-state index contributed by atoms with van der Waals surface area (Å²) in [5.41, 5.74) is 0.197. The van der Waals surface area contributed by atoms with E-state index in [0.29, 0.717) is 0 Å². The molecule has 1 aromatic rings. The van der Waals surface area contributed by atoms with E-state index in [0.717, 1.165) is 0 Å². The molecule has 1 fully saturated rings. The Bertz CT molecular complexity index is 527. The Labute approximate surface area is 103 Å². The van der Waals surface area contributed by atoms with Gasteiger partial charge in [0.2, 0.25) is 0 Å². The maximum Gasteiger partial charge on any atom is 0.174 e. The normalized spacial score (nSPS) is 30.9. The monoisotopic (exact) mass is 249 g/mol. The predicted octanol–water partition coefficient (Wildman–Crippen LogP) is -1.65. The standard InChI is InChI=1S/C11H11N3O4/c1-2-7-6(3-12)13-5-14(7)11-10(17)9(16)8(4-15)18-11/h1,5,8-11,15-17H,4H2/t8-,9?,10?,11-/m1/s1. The molecule has 1 saturated heterocycles. The number of imidazole rings is 1. The molecule has 94 valence electrons. The molecule has 0 aliphatic carbocycles. The van der Waals surface area contributed by atoms with Crippen molar-refractivity contribution < 1.29 is 20.1 Å². The van der Waals surface area contributed by atoms with Crippen LogP contribution in [-0.2, 0) is 4.74 Å². The van der Waals surface area contributed by atoms with Gasteiger partial charge in [0.1, 0.15) is 30.1 Å². The fourth-order valence-corrected chi connectivity index (χ4v) is 1.89. The van der Waals surface area contributed by atoms with Gasteiger partial charge in [-0.25, -0.2) is 4.98 Å². The highest BCUT2D eigenvalue weighted by Gasteiger charge is 2.44. The van der Waals surface area contributed by atoms with Crippen LogP contribution in [0, 0.1) is 23.7 Å². The topological polar surface area (TPSA) is 112 Å². The predicted molar refractivity (Wildman–Crippen MR) is 57.9 cm³/mol. The number of hydrogen-bond donors (Lipinski definition) is 3. The molecule has 0 spiro atoms. The third-order valence-corrected chi connectivity index (χ3v) is 2.83. The molecular formula is C11H11N3O4. The van der Waals surface area contributed by atoms with E-state index in [9.17, 15) is 10.2 Å². The third-order valence-electron chi connectivity index (χ3n) is 2.83. The van der Waals surface area contributed by atoms with Gasteiger partial charge in [-0.3, -0.25) is 4.57 Å². The van der Waals surface area contributed by atoms with Gasteiger partial charge in [-0.1, -0.05) is 0 Å². The van der Waals surface area contributed by atoms with Crippen LogP contribution < -0.4 is 0 Å². The van der Waals surface area contributed by atoms with Gasteiger partial charge in [0, 0.05) is 0 Å². The van der Waals surface area contributed by atoms with Gasteiger partial charge in [-0.05, 0) is 5.92 Å². The molecular weight excluding hydrogens is 238 g/mol. The van der Waals surface area contributed by atoms with Crippen molar-refractivity contribution in [1.82, 2.24) is 9.55 Å². The molecule has 3 N–H and O–H groups in total. The zero-order valence-electron chi connectivity index (χ0n) is 9.26. The second-order valence-corrected chi connectivity index (χ2v) is 3.83. The highest BCUT2D eigenvalue weighted by molar-refractivity contribution is 5.38. The van der Waals surface area contributed by atoms with E-state index < -0.39 is 31.1 Å². The molecule has 0 radical (unpaired) electrons. The summed E-state index contributed by atoms with van der Waals surface area (Å²) in [5, 5.41) is 37.3. The Morgan fingerprint density at radius 2 is 2.22 bits per heavy atom. The Hall–Kier alpha value is -1.90. The van der Waals surface area contributed by atoms with Gasteiger partial charge in [-0.2, -0.15) is 5.26 Å². The van der Waals surface area contributed by atoms with Crippen LogP contribution in [0.5, 0.6) is 0 Å². The maximum absolute atomic E-state index is 9.83. The molecule has 7 heteroatoms. The number of rotatable bonds is 2. The fraction of sp³-hybridized carbons (Fsp3) is 0.455. The van der Waals surface area contributed by atoms with Crippen LogP contribution >= 0.6 is 0 Å². The first-order valence-electron chi connectivity index (χ1n) is 5.20. The van der Waals surface area contributed by atoms with Crippen LogP contribution in [0.3, 0.4) is 0 Å². The van der Waals surface area contributed by atoms with Crippen LogP contribution in [0.25, 0.3) is 0 Å². The summed E-state index contributed by atoms with van der Waals surface area (Å²) in [7, 11) is 0. The van der Waals surface area contributed by atoms with Crippen molar-refractivity contribution in [2.45, 2.75) is 24.5 Å². The summed E-state index contributed by atoms with van der Waals surface area (Å²) < 4.78 is 6.58. The molecule has 4 atom stereocenters. The molecule has 18 heavy (non-hydrogen) atoms. The van der Waals surface area contributed by atoms with Crippen molar-refractivity contribution in [2.24, 2.45) is 0 Å². The van der Waals surface area contributed by atoms with Crippen molar-refractivity contribution in [1.29, 1.82) is 5.26 Å². The van der Waals surface area contributed by atoms with Crippen LogP contribution in [-0.4, -0.2) is 49.8 Å². The van der Waals surface area contributed by atoms with Gasteiger partial charge < -0.3 is 20.1 Å². The SMILES string of the molecule is C#Cc1c(C#N)ncn1[C@@H]1O[C@H](CO)C(O)C1O. The summed E-state index contributed by atoms with van der Waals surface area (Å²) in [6, 6.07) is 1.82. The summed E-state index contributed by atoms with van der Waals surface area (Å²) in [6.45, 7) is -0.431. The lowest BCUT2D eigenvalue weighted by atomic mass is 10.1. The largest absolute Gasteiger partial charge is 0.394 e. The molecule has 1 aliphatic rings. The van der Waals surface area contributed by atoms with Gasteiger partial charge in [0.05, 0.1) is 12.9 Å². The number of terminal acetylenes is 1. The minimum absolute atomic E-state index is 0.0373. The van der Waals surface area contributed by atoms with Gasteiger partial charge in [-0.15, -0.1) is 6.42 Å². The second-order valence-electron chi connectivity index (χ2n) is 3.83. The van der Waals surface area contributed by atoms with Crippen LogP contribution in [0.2, 0.25) is 0 Å². The third kappa shape index (κ3) is 1.76. The fourth-order valence-electron chi connectivity index (χ4n) is 1.89. The number of aromatic nitrogens is 2. The molecule has 7 nitrogen and oxygen atoms in total. The minimum atomic E-state index is -1.25. The van der Waals surface area contributed by atoms with Crippen LogP contribution in [0.1, 0.15) is 17.6 Å². The van der Waals surface area contributed by atoms with Gasteiger partial charge in [0.15, 0.2) is 11.9 Å². The molecule has 1 aromatic heterocycles. The number of aliphatic hydroxyl groups is 3. The summed E-state index contributed by atoms with van der Waals surface area (Å²) in [5.74, 6) is 2.28.